The lowest BCUT2D eigenvalue weighted by Crippen LogP contribution is -2.51. The third-order valence-corrected chi connectivity index (χ3v) is 4.21. The number of hydrogen-bond acceptors (Lipinski definition) is 5. The fourth-order valence-corrected chi connectivity index (χ4v) is 2.72. The summed E-state index contributed by atoms with van der Waals surface area (Å²) in [5.41, 5.74) is 2.29. The van der Waals surface area contributed by atoms with Gasteiger partial charge in [-0.25, -0.2) is 14.2 Å². The van der Waals surface area contributed by atoms with Crippen molar-refractivity contribution in [1.82, 2.24) is 9.88 Å². The highest BCUT2D eigenvalue weighted by atomic mass is 35.5. The van der Waals surface area contributed by atoms with Crippen LogP contribution >= 0.6 is 11.6 Å². The van der Waals surface area contributed by atoms with Gasteiger partial charge in [0.05, 0.1) is 17.4 Å². The second-order valence-electron chi connectivity index (χ2n) is 7.30. The summed E-state index contributed by atoms with van der Waals surface area (Å²) >= 11 is 5.71. The molecule has 0 radical (unpaired) electrons. The third-order valence-electron chi connectivity index (χ3n) is 4.00. The number of piperidine rings is 1. The minimum atomic E-state index is -2.20. The molecule has 1 aliphatic rings. The molecule has 2 rings (SSSR count). The van der Waals surface area contributed by atoms with Gasteiger partial charge in [-0.1, -0.05) is 11.6 Å². The van der Waals surface area contributed by atoms with Gasteiger partial charge in [-0.05, 0) is 26.8 Å². The molecule has 0 bridgehead atoms. The Labute approximate surface area is 161 Å². The van der Waals surface area contributed by atoms with Gasteiger partial charge in [0.2, 0.25) is 0 Å². The van der Waals surface area contributed by atoms with Crippen LogP contribution in [0.15, 0.2) is 12.3 Å². The number of nitrogens with zero attached hydrogens (tertiary/aromatic N) is 2. The van der Waals surface area contributed by atoms with Crippen molar-refractivity contribution in [3.8, 4) is 0 Å². The Morgan fingerprint density at radius 2 is 1.93 bits per heavy atom. The van der Waals surface area contributed by atoms with Gasteiger partial charge >= 0.3 is 6.09 Å². The van der Waals surface area contributed by atoms with Crippen LogP contribution in [0.2, 0.25) is 5.15 Å². The van der Waals surface area contributed by atoms with E-state index in [2.05, 4.69) is 10.3 Å². The van der Waals surface area contributed by atoms with Gasteiger partial charge in [-0.3, -0.25) is 9.59 Å². The van der Waals surface area contributed by atoms with E-state index in [1.165, 1.54) is 11.0 Å². The number of anilines is 1. The van der Waals surface area contributed by atoms with Crippen molar-refractivity contribution in [1.29, 1.82) is 0 Å². The summed E-state index contributed by atoms with van der Waals surface area (Å²) < 4.78 is 20.3. The van der Waals surface area contributed by atoms with Crippen molar-refractivity contribution in [3.63, 3.8) is 0 Å². The molecule has 27 heavy (non-hydrogen) atoms. The van der Waals surface area contributed by atoms with Crippen LogP contribution in [0.4, 0.5) is 14.9 Å². The van der Waals surface area contributed by atoms with Crippen molar-refractivity contribution in [2.45, 2.75) is 44.9 Å². The van der Waals surface area contributed by atoms with Crippen LogP contribution in [-0.4, -0.2) is 52.2 Å². The van der Waals surface area contributed by atoms with Crippen LogP contribution in [0.3, 0.4) is 0 Å². The molecule has 0 saturated carbocycles. The fraction of sp³-hybridized carbons (Fsp3) is 0.529. The number of carbonyl (C=O) groups excluding carboxylic acids is 3. The van der Waals surface area contributed by atoms with Gasteiger partial charge in [0.1, 0.15) is 10.8 Å². The molecule has 1 saturated heterocycles. The maximum atomic E-state index is 15.1. The minimum Gasteiger partial charge on any atom is -0.444 e. The lowest BCUT2D eigenvalue weighted by molar-refractivity contribution is -0.130. The number of nitrogens with one attached hydrogen (secondary N) is 1. The molecule has 1 fully saturated rings. The number of primary amides is 1. The Kier molecular flexibility index (Phi) is 5.94. The monoisotopic (exact) mass is 400 g/mol. The molecule has 8 nitrogen and oxygen atoms in total. The van der Waals surface area contributed by atoms with E-state index in [0.29, 0.717) is 0 Å². The van der Waals surface area contributed by atoms with E-state index in [1.807, 2.05) is 0 Å². The van der Waals surface area contributed by atoms with Gasteiger partial charge in [-0.2, -0.15) is 0 Å². The summed E-state index contributed by atoms with van der Waals surface area (Å²) in [6.07, 6.45) is 0.179. The summed E-state index contributed by atoms with van der Waals surface area (Å²) in [5.74, 6) is -1.76. The second kappa shape index (κ2) is 7.67. The quantitative estimate of drug-likeness (QED) is 0.756. The molecule has 3 amide bonds. The first-order valence-corrected chi connectivity index (χ1v) is 8.73. The molecule has 0 atom stereocenters. The maximum Gasteiger partial charge on any atom is 0.410 e. The zero-order valence-electron chi connectivity index (χ0n) is 15.3. The lowest BCUT2D eigenvalue weighted by Gasteiger charge is -2.36. The van der Waals surface area contributed by atoms with E-state index in [1.54, 1.807) is 20.8 Å². The summed E-state index contributed by atoms with van der Waals surface area (Å²) in [6.45, 7) is 5.26. The molecule has 3 N–H and O–H groups in total. The molecule has 2 heterocycles. The minimum absolute atomic E-state index is 0.0161. The smallest absolute Gasteiger partial charge is 0.410 e. The molecule has 0 aromatic carbocycles. The van der Waals surface area contributed by atoms with Crippen LogP contribution in [0.1, 0.15) is 44.0 Å². The van der Waals surface area contributed by atoms with Crippen molar-refractivity contribution in [2.75, 3.05) is 18.4 Å². The molecule has 148 valence electrons. The number of aromatic nitrogens is 1. The van der Waals surface area contributed by atoms with Crippen LogP contribution in [0, 0.1) is 0 Å². The van der Waals surface area contributed by atoms with Crippen LogP contribution in [-0.2, 0) is 9.53 Å². The highest BCUT2D eigenvalue weighted by Crippen LogP contribution is 2.30. The number of pyridine rings is 1. The molecule has 1 aliphatic heterocycles. The molecule has 10 heteroatoms. The van der Waals surface area contributed by atoms with E-state index in [4.69, 9.17) is 22.1 Å². The average molecular weight is 401 g/mol. The van der Waals surface area contributed by atoms with E-state index < -0.39 is 29.2 Å². The van der Waals surface area contributed by atoms with E-state index in [0.717, 1.165) is 6.20 Å². The van der Waals surface area contributed by atoms with Crippen molar-refractivity contribution < 1.29 is 23.5 Å². The summed E-state index contributed by atoms with van der Waals surface area (Å²) in [6, 6.07) is 1.19. The van der Waals surface area contributed by atoms with Gasteiger partial charge < -0.3 is 20.7 Å². The van der Waals surface area contributed by atoms with Crippen molar-refractivity contribution in [3.05, 3.63) is 23.0 Å². The van der Waals surface area contributed by atoms with Gasteiger partial charge in [0, 0.05) is 25.9 Å². The first kappa shape index (κ1) is 20.9. The van der Waals surface area contributed by atoms with E-state index >= 15 is 4.39 Å². The van der Waals surface area contributed by atoms with Gasteiger partial charge in [0.25, 0.3) is 11.8 Å². The summed E-state index contributed by atoms with van der Waals surface area (Å²) in [5, 5.41) is 2.36. The van der Waals surface area contributed by atoms with Crippen molar-refractivity contribution >= 4 is 35.2 Å². The zero-order chi connectivity index (χ0) is 20.4. The Bertz CT molecular complexity index is 758. The number of amides is 3. The zero-order valence-corrected chi connectivity index (χ0v) is 16.1. The molecule has 1 aromatic heterocycles. The van der Waals surface area contributed by atoms with Crippen molar-refractivity contribution in [2.24, 2.45) is 5.73 Å². The maximum absolute atomic E-state index is 15.1. The van der Waals surface area contributed by atoms with E-state index in [9.17, 15) is 14.4 Å². The second-order valence-corrected chi connectivity index (χ2v) is 7.69. The fourth-order valence-electron chi connectivity index (χ4n) is 2.56. The third kappa shape index (κ3) is 5.29. The SMILES string of the molecule is CC(C)(C)OC(=O)N1CCC(F)(C(=O)Nc2cnc(Cl)cc2C(N)=O)CC1. The van der Waals surface area contributed by atoms with Crippen LogP contribution in [0.5, 0.6) is 0 Å². The number of hydrogen-bond donors (Lipinski definition) is 2. The largest absolute Gasteiger partial charge is 0.444 e. The summed E-state index contributed by atoms with van der Waals surface area (Å²) in [4.78, 5) is 41.1. The number of nitrogens with two attached hydrogens (primary N) is 1. The average Bonchev–Trinajstić information content (AvgIpc) is 2.55. The predicted molar refractivity (Wildman–Crippen MR) is 97.3 cm³/mol. The summed E-state index contributed by atoms with van der Waals surface area (Å²) in [7, 11) is 0. The number of rotatable bonds is 3. The number of likely N-dealkylation sites (tertiary alicyclic amines) is 1. The number of alkyl halides is 1. The normalized spacial score (nSPS) is 16.6. The number of carbonyl (C=O) groups is 3. The standard InChI is InChI=1S/C17H22ClFN4O4/c1-16(2,3)27-15(26)23-6-4-17(19,5-7-23)14(25)22-11-9-21-12(18)8-10(11)13(20)24/h8-9H,4-7H2,1-3H3,(H2,20,24)(H,22,25). The molecular formula is C17H22ClFN4O4. The first-order valence-electron chi connectivity index (χ1n) is 8.35. The molecular weight excluding hydrogens is 379 g/mol. The van der Waals surface area contributed by atoms with Crippen LogP contribution < -0.4 is 11.1 Å². The van der Waals surface area contributed by atoms with Gasteiger partial charge in [0.15, 0.2) is 5.67 Å². The Balaban J connectivity index is 2.04. The molecule has 0 aliphatic carbocycles. The molecule has 0 spiro atoms. The van der Waals surface area contributed by atoms with Crippen LogP contribution in [0.25, 0.3) is 0 Å². The topological polar surface area (TPSA) is 115 Å². The van der Waals surface area contributed by atoms with E-state index in [-0.39, 0.29) is 42.3 Å². The Morgan fingerprint density at radius 3 is 2.44 bits per heavy atom. The Morgan fingerprint density at radius 1 is 1.33 bits per heavy atom. The lowest BCUT2D eigenvalue weighted by atomic mass is 9.92. The Hall–Kier alpha value is -2.42. The molecule has 0 unspecified atom stereocenters. The molecule has 1 aromatic rings. The number of ether oxygens (including phenoxy) is 1. The van der Waals surface area contributed by atoms with Gasteiger partial charge in [-0.15, -0.1) is 0 Å². The number of halogens is 2. The first-order chi connectivity index (χ1) is 12.4. The highest BCUT2D eigenvalue weighted by molar-refractivity contribution is 6.30. The highest BCUT2D eigenvalue weighted by Gasteiger charge is 2.43. The predicted octanol–water partition coefficient (Wildman–Crippen LogP) is 2.51.